The molecule has 6 heteroatoms. The van der Waals surface area contributed by atoms with Gasteiger partial charge in [-0.1, -0.05) is 0 Å². The van der Waals surface area contributed by atoms with Gasteiger partial charge in [0.2, 0.25) is 0 Å². The zero-order valence-electron chi connectivity index (χ0n) is 6.62. The number of hydrogen-bond acceptors (Lipinski definition) is 5. The van der Waals surface area contributed by atoms with Gasteiger partial charge < -0.3 is 17.2 Å². The standard InChI is InChI=1S/C6H12N6/c7-1-4(10)5(2-8)12-6(11)3-9/h4,11H,2-3,8-10H2. The molecule has 1 atom stereocenters. The Balaban J connectivity index is 4.45. The molecule has 0 aromatic carbocycles. The lowest BCUT2D eigenvalue weighted by Gasteiger charge is -2.04. The monoisotopic (exact) mass is 168 g/mol. The minimum atomic E-state index is -0.845. The maximum Gasteiger partial charge on any atom is 0.134 e. The molecule has 1 unspecified atom stereocenters. The topological polar surface area (TPSA) is 138 Å². The molecule has 0 rings (SSSR count). The summed E-state index contributed by atoms with van der Waals surface area (Å²) < 4.78 is 0. The highest BCUT2D eigenvalue weighted by Gasteiger charge is 2.08. The van der Waals surface area contributed by atoms with Crippen molar-refractivity contribution in [2.45, 2.75) is 6.04 Å². The normalized spacial score (nSPS) is 13.7. The number of aliphatic imine (C=N–C) groups is 1. The van der Waals surface area contributed by atoms with Crippen molar-refractivity contribution >= 4 is 11.5 Å². The van der Waals surface area contributed by atoms with Crippen LogP contribution in [-0.4, -0.2) is 30.7 Å². The molecule has 0 bridgehead atoms. The second kappa shape index (κ2) is 5.37. The largest absolute Gasteiger partial charge is 0.325 e. The Morgan fingerprint density at radius 2 is 2.08 bits per heavy atom. The number of nitrogens with one attached hydrogen (secondary N) is 1. The van der Waals surface area contributed by atoms with Crippen molar-refractivity contribution in [2.24, 2.45) is 22.2 Å². The van der Waals surface area contributed by atoms with Crippen LogP contribution in [0, 0.1) is 16.7 Å². The second-order valence-corrected chi connectivity index (χ2v) is 2.06. The van der Waals surface area contributed by atoms with E-state index in [1.807, 2.05) is 0 Å². The highest BCUT2D eigenvalue weighted by Crippen LogP contribution is 1.84. The molecule has 0 aliphatic heterocycles. The summed E-state index contributed by atoms with van der Waals surface area (Å²) in [7, 11) is 0. The third kappa shape index (κ3) is 3.21. The molecule has 0 saturated heterocycles. The van der Waals surface area contributed by atoms with Crippen molar-refractivity contribution in [3.63, 3.8) is 0 Å². The van der Waals surface area contributed by atoms with Gasteiger partial charge in [0.25, 0.3) is 0 Å². The first-order valence-corrected chi connectivity index (χ1v) is 3.36. The third-order valence-electron chi connectivity index (χ3n) is 1.18. The number of nitrogens with zero attached hydrogens (tertiary/aromatic N) is 2. The summed E-state index contributed by atoms with van der Waals surface area (Å²) in [4.78, 5) is 3.69. The number of nitrogens with two attached hydrogens (primary N) is 3. The van der Waals surface area contributed by atoms with Crippen LogP contribution in [0.1, 0.15) is 0 Å². The Kier molecular flexibility index (Phi) is 4.79. The zero-order chi connectivity index (χ0) is 9.56. The first kappa shape index (κ1) is 10.7. The van der Waals surface area contributed by atoms with Crippen LogP contribution in [-0.2, 0) is 0 Å². The maximum absolute atomic E-state index is 8.41. The predicted octanol–water partition coefficient (Wildman–Crippen LogP) is -1.83. The van der Waals surface area contributed by atoms with Crippen LogP contribution < -0.4 is 17.2 Å². The van der Waals surface area contributed by atoms with Gasteiger partial charge in [-0.25, -0.2) is 4.99 Å². The molecule has 6 nitrogen and oxygen atoms in total. The Hall–Kier alpha value is -1.29. The average molecular weight is 168 g/mol. The summed E-state index contributed by atoms with van der Waals surface area (Å²) >= 11 is 0. The van der Waals surface area contributed by atoms with Crippen LogP contribution in [0.25, 0.3) is 0 Å². The van der Waals surface area contributed by atoms with Crippen LogP contribution in [0.2, 0.25) is 0 Å². The van der Waals surface area contributed by atoms with Gasteiger partial charge >= 0.3 is 0 Å². The molecule has 66 valence electrons. The molecule has 7 N–H and O–H groups in total. The molecular formula is C6H12N6. The molecule has 0 amide bonds. The van der Waals surface area contributed by atoms with Crippen LogP contribution in [0.15, 0.2) is 4.99 Å². The lowest BCUT2D eigenvalue weighted by molar-refractivity contribution is 1.05. The van der Waals surface area contributed by atoms with Crippen molar-refractivity contribution in [2.75, 3.05) is 13.1 Å². The summed E-state index contributed by atoms with van der Waals surface area (Å²) in [5.74, 6) is -0.0267. The molecule has 0 radical (unpaired) electrons. The molecule has 0 spiro atoms. The van der Waals surface area contributed by atoms with Gasteiger partial charge in [-0.2, -0.15) is 5.26 Å². The van der Waals surface area contributed by atoms with E-state index in [0.717, 1.165) is 0 Å². The lowest BCUT2D eigenvalue weighted by Crippen LogP contribution is -2.35. The van der Waals surface area contributed by atoms with Gasteiger partial charge in [0.1, 0.15) is 11.9 Å². The minimum absolute atomic E-state index is 0.0155. The van der Waals surface area contributed by atoms with E-state index in [1.165, 1.54) is 0 Å². The molecule has 0 aromatic rings. The van der Waals surface area contributed by atoms with E-state index in [-0.39, 0.29) is 24.6 Å². The SMILES string of the molecule is N#CC(N)C(CN)=NC(=N)CN. The first-order valence-electron chi connectivity index (χ1n) is 3.36. The molecular weight excluding hydrogens is 156 g/mol. The van der Waals surface area contributed by atoms with Gasteiger partial charge in [-0.05, 0) is 0 Å². The van der Waals surface area contributed by atoms with Gasteiger partial charge in [0, 0.05) is 6.54 Å². The Morgan fingerprint density at radius 3 is 2.42 bits per heavy atom. The maximum atomic E-state index is 8.41. The summed E-state index contributed by atoms with van der Waals surface area (Å²) in [6.07, 6.45) is 0. The van der Waals surface area contributed by atoms with Crippen LogP contribution in [0.3, 0.4) is 0 Å². The molecule has 0 aliphatic rings. The summed E-state index contributed by atoms with van der Waals surface area (Å²) in [6, 6.07) is 0.929. The van der Waals surface area contributed by atoms with E-state index in [1.54, 1.807) is 6.07 Å². The van der Waals surface area contributed by atoms with Crippen molar-refractivity contribution in [3.8, 4) is 6.07 Å². The zero-order valence-corrected chi connectivity index (χ0v) is 6.62. The lowest BCUT2D eigenvalue weighted by atomic mass is 10.2. The van der Waals surface area contributed by atoms with E-state index in [2.05, 4.69) is 4.99 Å². The molecule has 0 aromatic heterocycles. The van der Waals surface area contributed by atoms with Crippen molar-refractivity contribution < 1.29 is 0 Å². The van der Waals surface area contributed by atoms with Crippen LogP contribution in [0.5, 0.6) is 0 Å². The van der Waals surface area contributed by atoms with E-state index in [4.69, 9.17) is 27.9 Å². The van der Waals surface area contributed by atoms with Crippen molar-refractivity contribution in [1.29, 1.82) is 10.7 Å². The van der Waals surface area contributed by atoms with E-state index < -0.39 is 6.04 Å². The Bertz CT molecular complexity index is 225. The number of nitriles is 1. The summed E-state index contributed by atoms with van der Waals surface area (Å²) in [5.41, 5.74) is 16.0. The van der Waals surface area contributed by atoms with Crippen LogP contribution >= 0.6 is 0 Å². The van der Waals surface area contributed by atoms with E-state index >= 15 is 0 Å². The molecule has 12 heavy (non-hydrogen) atoms. The fourth-order valence-electron chi connectivity index (χ4n) is 0.536. The fourth-order valence-corrected chi connectivity index (χ4v) is 0.536. The first-order chi connectivity index (χ1) is 5.65. The quantitative estimate of drug-likeness (QED) is 0.291. The minimum Gasteiger partial charge on any atom is -0.325 e. The van der Waals surface area contributed by atoms with E-state index in [9.17, 15) is 0 Å². The fraction of sp³-hybridized carbons (Fsp3) is 0.500. The van der Waals surface area contributed by atoms with Gasteiger partial charge in [-0.3, -0.25) is 5.41 Å². The number of hydrogen-bond donors (Lipinski definition) is 4. The molecule has 0 aliphatic carbocycles. The van der Waals surface area contributed by atoms with Gasteiger partial charge in [0.15, 0.2) is 0 Å². The Labute approximate surface area is 70.6 Å². The third-order valence-corrected chi connectivity index (χ3v) is 1.18. The number of rotatable bonds is 3. The molecule has 0 saturated carbocycles. The highest BCUT2D eigenvalue weighted by molar-refractivity contribution is 6.02. The summed E-state index contributed by atoms with van der Waals surface area (Å²) in [6.45, 7) is 0.0821. The molecule has 0 fully saturated rings. The predicted molar refractivity (Wildman–Crippen MR) is 46.9 cm³/mol. The van der Waals surface area contributed by atoms with Crippen molar-refractivity contribution in [3.05, 3.63) is 0 Å². The average Bonchev–Trinajstić information content (AvgIpc) is 2.12. The van der Waals surface area contributed by atoms with Crippen LogP contribution in [0.4, 0.5) is 0 Å². The Morgan fingerprint density at radius 1 is 1.50 bits per heavy atom. The van der Waals surface area contributed by atoms with Gasteiger partial charge in [0.05, 0.1) is 18.3 Å². The highest BCUT2D eigenvalue weighted by atomic mass is 14.9. The molecule has 0 heterocycles. The summed E-state index contributed by atoms with van der Waals surface area (Å²) in [5, 5.41) is 15.5. The smallest absolute Gasteiger partial charge is 0.134 e. The van der Waals surface area contributed by atoms with E-state index in [0.29, 0.717) is 0 Å². The number of amidine groups is 1. The second-order valence-electron chi connectivity index (χ2n) is 2.06. The van der Waals surface area contributed by atoms with Gasteiger partial charge in [-0.15, -0.1) is 0 Å². The van der Waals surface area contributed by atoms with Crippen molar-refractivity contribution in [1.82, 2.24) is 0 Å².